The van der Waals surface area contributed by atoms with Crippen LogP contribution >= 0.6 is 0 Å². The molecule has 0 amide bonds. The highest BCUT2D eigenvalue weighted by Crippen LogP contribution is 2.19. The lowest BCUT2D eigenvalue weighted by Crippen LogP contribution is -2.31. The van der Waals surface area contributed by atoms with Gasteiger partial charge in [0.1, 0.15) is 17.6 Å². The third-order valence-electron chi connectivity index (χ3n) is 2.67. The molecule has 0 radical (unpaired) electrons. The van der Waals surface area contributed by atoms with E-state index in [-0.39, 0.29) is 6.10 Å². The molecule has 0 aliphatic heterocycles. The van der Waals surface area contributed by atoms with E-state index in [1.54, 1.807) is 0 Å². The molecule has 0 aliphatic rings. The summed E-state index contributed by atoms with van der Waals surface area (Å²) in [6.07, 6.45) is 2.45. The highest BCUT2D eigenvalue weighted by Gasteiger charge is 2.08. The summed E-state index contributed by atoms with van der Waals surface area (Å²) in [6.45, 7) is 8.85. The van der Waals surface area contributed by atoms with Crippen molar-refractivity contribution < 1.29 is 9.47 Å². The van der Waals surface area contributed by atoms with Gasteiger partial charge in [0, 0.05) is 6.54 Å². The maximum atomic E-state index is 5.97. The van der Waals surface area contributed by atoms with Crippen LogP contribution in [0.3, 0.4) is 0 Å². The van der Waals surface area contributed by atoms with Crippen LogP contribution in [0.1, 0.15) is 33.6 Å². The number of hydrogen-bond acceptors (Lipinski definition) is 3. The Bertz CT molecular complexity index is 311. The highest BCUT2D eigenvalue weighted by molar-refractivity contribution is 5.31. The molecule has 1 N–H and O–H groups in total. The lowest BCUT2D eigenvalue weighted by Gasteiger charge is -2.19. The van der Waals surface area contributed by atoms with Crippen LogP contribution in [0.5, 0.6) is 11.5 Å². The summed E-state index contributed by atoms with van der Waals surface area (Å²) in [6, 6.07) is 7.85. The summed E-state index contributed by atoms with van der Waals surface area (Å²) in [5.74, 6) is 1.80. The van der Waals surface area contributed by atoms with Crippen molar-refractivity contribution in [1.82, 2.24) is 5.32 Å². The van der Waals surface area contributed by atoms with Crippen LogP contribution in [-0.4, -0.2) is 25.8 Å². The molecule has 3 heteroatoms. The minimum absolute atomic E-state index is 0.243. The molecule has 0 aliphatic carbocycles. The normalized spacial score (nSPS) is 12.2. The lowest BCUT2D eigenvalue weighted by molar-refractivity contribution is 0.187. The minimum Gasteiger partial charge on any atom is -0.494 e. The Morgan fingerprint density at radius 2 is 1.72 bits per heavy atom. The average molecular weight is 251 g/mol. The summed E-state index contributed by atoms with van der Waals surface area (Å²) in [7, 11) is 0. The summed E-state index contributed by atoms with van der Waals surface area (Å²) in [4.78, 5) is 0. The van der Waals surface area contributed by atoms with E-state index in [4.69, 9.17) is 9.47 Å². The van der Waals surface area contributed by atoms with Gasteiger partial charge in [-0.15, -0.1) is 0 Å². The van der Waals surface area contributed by atoms with Crippen LogP contribution in [0.25, 0.3) is 0 Å². The Hall–Kier alpha value is -1.22. The minimum atomic E-state index is 0.243. The maximum Gasteiger partial charge on any atom is 0.120 e. The summed E-state index contributed by atoms with van der Waals surface area (Å²) in [5.41, 5.74) is 0. The number of benzene rings is 1. The van der Waals surface area contributed by atoms with E-state index >= 15 is 0 Å². The molecule has 0 heterocycles. The predicted molar refractivity (Wildman–Crippen MR) is 75.5 cm³/mol. The van der Waals surface area contributed by atoms with Gasteiger partial charge in [-0.25, -0.2) is 0 Å². The highest BCUT2D eigenvalue weighted by atomic mass is 16.5. The molecule has 102 valence electrons. The molecule has 1 aromatic carbocycles. The van der Waals surface area contributed by atoms with Gasteiger partial charge in [-0.2, -0.15) is 0 Å². The molecular formula is C15H25NO2. The third kappa shape index (κ3) is 5.41. The van der Waals surface area contributed by atoms with Crippen molar-refractivity contribution in [3.8, 4) is 11.5 Å². The average Bonchev–Trinajstić information content (AvgIpc) is 2.39. The first-order chi connectivity index (χ1) is 8.80. The fourth-order valence-electron chi connectivity index (χ4n) is 1.80. The van der Waals surface area contributed by atoms with Gasteiger partial charge in [0.05, 0.1) is 6.61 Å². The largest absolute Gasteiger partial charge is 0.494 e. The summed E-state index contributed by atoms with van der Waals surface area (Å²) >= 11 is 0. The predicted octanol–water partition coefficient (Wildman–Crippen LogP) is 3.24. The quantitative estimate of drug-likeness (QED) is 0.731. The van der Waals surface area contributed by atoms with E-state index < -0.39 is 0 Å². The third-order valence-corrected chi connectivity index (χ3v) is 2.67. The van der Waals surface area contributed by atoms with Gasteiger partial charge in [0.2, 0.25) is 0 Å². The van der Waals surface area contributed by atoms with Crippen molar-refractivity contribution >= 4 is 0 Å². The molecular weight excluding hydrogens is 226 g/mol. The smallest absolute Gasteiger partial charge is 0.120 e. The van der Waals surface area contributed by atoms with E-state index in [2.05, 4.69) is 19.2 Å². The van der Waals surface area contributed by atoms with Crippen molar-refractivity contribution in [3.05, 3.63) is 24.3 Å². The SMILES string of the molecule is CCCC(CNCC)Oc1ccc(OCC)cc1. The Kier molecular flexibility index (Phi) is 7.26. The van der Waals surface area contributed by atoms with Crippen LogP contribution in [0, 0.1) is 0 Å². The molecule has 1 unspecified atom stereocenters. The van der Waals surface area contributed by atoms with E-state index in [0.29, 0.717) is 6.61 Å². The molecule has 1 rings (SSSR count). The second kappa shape index (κ2) is 8.81. The van der Waals surface area contributed by atoms with Crippen molar-refractivity contribution in [1.29, 1.82) is 0 Å². The standard InChI is InChI=1S/C15H25NO2/c1-4-7-15(12-16-5-2)18-14-10-8-13(9-11-14)17-6-3/h8-11,15-16H,4-7,12H2,1-3H3. The van der Waals surface area contributed by atoms with Gasteiger partial charge < -0.3 is 14.8 Å². The van der Waals surface area contributed by atoms with Crippen LogP contribution in [-0.2, 0) is 0 Å². The van der Waals surface area contributed by atoms with Crippen LogP contribution in [0.4, 0.5) is 0 Å². The fourth-order valence-corrected chi connectivity index (χ4v) is 1.80. The van der Waals surface area contributed by atoms with E-state index in [0.717, 1.165) is 37.4 Å². The number of nitrogens with one attached hydrogen (secondary N) is 1. The van der Waals surface area contributed by atoms with Gasteiger partial charge in [-0.05, 0) is 44.2 Å². The Labute approximate surface area is 110 Å². The van der Waals surface area contributed by atoms with Gasteiger partial charge >= 0.3 is 0 Å². The maximum absolute atomic E-state index is 5.97. The molecule has 0 aromatic heterocycles. The molecule has 0 saturated heterocycles. The van der Waals surface area contributed by atoms with Crippen molar-refractivity contribution in [2.24, 2.45) is 0 Å². The summed E-state index contributed by atoms with van der Waals surface area (Å²) in [5, 5.41) is 3.34. The first-order valence-corrected chi connectivity index (χ1v) is 6.90. The van der Waals surface area contributed by atoms with Crippen molar-refractivity contribution in [2.45, 2.75) is 39.7 Å². The molecule has 1 aromatic rings. The Morgan fingerprint density at radius 3 is 2.28 bits per heavy atom. The second-order valence-electron chi connectivity index (χ2n) is 4.24. The Balaban J connectivity index is 2.51. The zero-order chi connectivity index (χ0) is 13.2. The van der Waals surface area contributed by atoms with E-state index in [1.807, 2.05) is 31.2 Å². The zero-order valence-electron chi connectivity index (χ0n) is 11.7. The number of rotatable bonds is 9. The molecule has 0 spiro atoms. The topological polar surface area (TPSA) is 30.5 Å². The van der Waals surface area contributed by atoms with E-state index in [9.17, 15) is 0 Å². The molecule has 0 saturated carbocycles. The molecule has 0 bridgehead atoms. The van der Waals surface area contributed by atoms with Gasteiger partial charge in [0.25, 0.3) is 0 Å². The van der Waals surface area contributed by atoms with Crippen LogP contribution < -0.4 is 14.8 Å². The van der Waals surface area contributed by atoms with E-state index in [1.165, 1.54) is 0 Å². The molecule has 0 fully saturated rings. The van der Waals surface area contributed by atoms with Gasteiger partial charge in [-0.1, -0.05) is 20.3 Å². The first kappa shape index (κ1) is 14.8. The number of hydrogen-bond donors (Lipinski definition) is 1. The second-order valence-corrected chi connectivity index (χ2v) is 4.24. The van der Waals surface area contributed by atoms with Crippen molar-refractivity contribution in [3.63, 3.8) is 0 Å². The number of likely N-dealkylation sites (N-methyl/N-ethyl adjacent to an activating group) is 1. The molecule has 1 atom stereocenters. The summed E-state index contributed by atoms with van der Waals surface area (Å²) < 4.78 is 11.4. The molecule has 3 nitrogen and oxygen atoms in total. The Morgan fingerprint density at radius 1 is 1.06 bits per heavy atom. The monoisotopic (exact) mass is 251 g/mol. The first-order valence-electron chi connectivity index (χ1n) is 6.90. The van der Waals surface area contributed by atoms with Crippen LogP contribution in [0.15, 0.2) is 24.3 Å². The number of ether oxygens (including phenoxy) is 2. The fraction of sp³-hybridized carbons (Fsp3) is 0.600. The lowest BCUT2D eigenvalue weighted by atomic mass is 10.2. The van der Waals surface area contributed by atoms with Crippen LogP contribution in [0.2, 0.25) is 0 Å². The van der Waals surface area contributed by atoms with Crippen molar-refractivity contribution in [2.75, 3.05) is 19.7 Å². The molecule has 18 heavy (non-hydrogen) atoms. The zero-order valence-corrected chi connectivity index (χ0v) is 11.7. The van der Waals surface area contributed by atoms with Gasteiger partial charge in [-0.3, -0.25) is 0 Å². The van der Waals surface area contributed by atoms with Gasteiger partial charge in [0.15, 0.2) is 0 Å².